The molecular formula is C22H28N2O2. The van der Waals surface area contributed by atoms with Crippen molar-refractivity contribution in [2.45, 2.75) is 33.5 Å². The molecule has 1 aliphatic rings. The molecule has 1 amide bonds. The number of ether oxygens (including phenoxy) is 1. The Kier molecular flexibility index (Phi) is 5.94. The van der Waals surface area contributed by atoms with Crippen molar-refractivity contribution in [3.63, 3.8) is 0 Å². The minimum atomic E-state index is -0.414. The molecule has 0 radical (unpaired) electrons. The summed E-state index contributed by atoms with van der Waals surface area (Å²) in [7, 11) is 0. The first-order valence-electron chi connectivity index (χ1n) is 9.31. The molecule has 4 nitrogen and oxygen atoms in total. The molecule has 26 heavy (non-hydrogen) atoms. The van der Waals surface area contributed by atoms with Crippen molar-refractivity contribution < 1.29 is 9.53 Å². The van der Waals surface area contributed by atoms with E-state index >= 15 is 0 Å². The van der Waals surface area contributed by atoms with Crippen molar-refractivity contribution in [1.82, 2.24) is 4.90 Å². The number of benzene rings is 2. The maximum Gasteiger partial charge on any atom is 0.251 e. The highest BCUT2D eigenvalue weighted by molar-refractivity contribution is 5.80. The van der Waals surface area contributed by atoms with Crippen LogP contribution in [0.1, 0.15) is 23.6 Å². The Labute approximate surface area is 156 Å². The van der Waals surface area contributed by atoms with Crippen molar-refractivity contribution in [3.05, 3.63) is 65.2 Å². The van der Waals surface area contributed by atoms with E-state index in [4.69, 9.17) is 4.74 Å². The summed E-state index contributed by atoms with van der Waals surface area (Å²) in [5.74, 6) is 0.0848. The number of rotatable bonds is 5. The molecule has 1 atom stereocenters. The molecule has 138 valence electrons. The Morgan fingerprint density at radius 2 is 1.69 bits per heavy atom. The second kappa shape index (κ2) is 8.37. The second-order valence-corrected chi connectivity index (χ2v) is 6.97. The van der Waals surface area contributed by atoms with Gasteiger partial charge in [0.05, 0.1) is 6.61 Å². The van der Waals surface area contributed by atoms with E-state index in [1.54, 1.807) is 0 Å². The van der Waals surface area contributed by atoms with Crippen molar-refractivity contribution in [3.8, 4) is 0 Å². The minimum absolute atomic E-state index is 0.0848. The number of aryl methyl sites for hydroxylation is 1. The van der Waals surface area contributed by atoms with Gasteiger partial charge in [-0.3, -0.25) is 4.79 Å². The Morgan fingerprint density at radius 3 is 2.38 bits per heavy atom. The van der Waals surface area contributed by atoms with E-state index in [9.17, 15) is 4.79 Å². The molecule has 1 saturated heterocycles. The van der Waals surface area contributed by atoms with Crippen LogP contribution in [0.3, 0.4) is 0 Å². The summed E-state index contributed by atoms with van der Waals surface area (Å²) in [5.41, 5.74) is 5.01. The highest BCUT2D eigenvalue weighted by Gasteiger charge is 2.26. The largest absolute Gasteiger partial charge is 0.368 e. The standard InChI is InChI=1S/C22H28N2O2/c1-17-8-7-11-21(18(17)2)23-12-14-24(15-13-23)22(25)19(3)26-16-20-9-5-4-6-10-20/h4-11,19H,12-16H2,1-3H3/t19-/m1/s1. The normalized spacial score (nSPS) is 15.8. The van der Waals surface area contributed by atoms with Gasteiger partial charge in [0.15, 0.2) is 0 Å². The quantitative estimate of drug-likeness (QED) is 0.825. The van der Waals surface area contributed by atoms with Crippen LogP contribution in [0.5, 0.6) is 0 Å². The summed E-state index contributed by atoms with van der Waals surface area (Å²) in [4.78, 5) is 17.0. The molecule has 2 aromatic rings. The predicted octanol–water partition coefficient (Wildman–Crippen LogP) is 3.56. The lowest BCUT2D eigenvalue weighted by molar-refractivity contribution is -0.143. The first-order valence-corrected chi connectivity index (χ1v) is 9.31. The zero-order valence-corrected chi connectivity index (χ0v) is 15.9. The van der Waals surface area contributed by atoms with E-state index in [0.29, 0.717) is 6.61 Å². The zero-order chi connectivity index (χ0) is 18.5. The third-order valence-corrected chi connectivity index (χ3v) is 5.20. The smallest absolute Gasteiger partial charge is 0.251 e. The summed E-state index contributed by atoms with van der Waals surface area (Å²) in [6.07, 6.45) is -0.414. The molecule has 1 fully saturated rings. The number of carbonyl (C=O) groups is 1. The molecule has 2 aromatic carbocycles. The van der Waals surface area contributed by atoms with Crippen LogP contribution in [-0.4, -0.2) is 43.1 Å². The average Bonchev–Trinajstić information content (AvgIpc) is 2.68. The van der Waals surface area contributed by atoms with Gasteiger partial charge in [0.2, 0.25) is 0 Å². The third kappa shape index (κ3) is 4.25. The van der Waals surface area contributed by atoms with E-state index in [1.165, 1.54) is 16.8 Å². The van der Waals surface area contributed by atoms with Gasteiger partial charge in [0.1, 0.15) is 6.10 Å². The maximum atomic E-state index is 12.7. The monoisotopic (exact) mass is 352 g/mol. The van der Waals surface area contributed by atoms with Crippen molar-refractivity contribution in [1.29, 1.82) is 0 Å². The SMILES string of the molecule is Cc1cccc(N2CCN(C(=O)[C@@H](C)OCc3ccccc3)CC2)c1C. The summed E-state index contributed by atoms with van der Waals surface area (Å²) < 4.78 is 5.78. The number of hydrogen-bond acceptors (Lipinski definition) is 3. The molecule has 3 rings (SSSR count). The molecule has 1 aliphatic heterocycles. The van der Waals surface area contributed by atoms with Gasteiger partial charge in [0, 0.05) is 31.9 Å². The summed E-state index contributed by atoms with van der Waals surface area (Å²) in [6, 6.07) is 16.4. The maximum absolute atomic E-state index is 12.7. The molecule has 0 N–H and O–H groups in total. The van der Waals surface area contributed by atoms with Crippen LogP contribution in [0.25, 0.3) is 0 Å². The van der Waals surface area contributed by atoms with Gasteiger partial charge in [-0.25, -0.2) is 0 Å². The number of nitrogens with zero attached hydrogens (tertiary/aromatic N) is 2. The molecule has 0 unspecified atom stereocenters. The average molecular weight is 352 g/mol. The van der Waals surface area contributed by atoms with Gasteiger partial charge >= 0.3 is 0 Å². The lowest BCUT2D eigenvalue weighted by atomic mass is 10.1. The lowest BCUT2D eigenvalue weighted by Gasteiger charge is -2.38. The van der Waals surface area contributed by atoms with Gasteiger partial charge in [-0.05, 0) is 43.5 Å². The van der Waals surface area contributed by atoms with Crippen LogP contribution < -0.4 is 4.90 Å². The minimum Gasteiger partial charge on any atom is -0.368 e. The molecule has 4 heteroatoms. The zero-order valence-electron chi connectivity index (χ0n) is 15.9. The van der Waals surface area contributed by atoms with Gasteiger partial charge in [0.25, 0.3) is 5.91 Å². The fourth-order valence-electron chi connectivity index (χ4n) is 3.37. The number of piperazine rings is 1. The fourth-order valence-corrected chi connectivity index (χ4v) is 3.37. The molecular weight excluding hydrogens is 324 g/mol. The Balaban J connectivity index is 1.52. The van der Waals surface area contributed by atoms with E-state index < -0.39 is 6.10 Å². The highest BCUT2D eigenvalue weighted by atomic mass is 16.5. The van der Waals surface area contributed by atoms with Crippen molar-refractivity contribution >= 4 is 11.6 Å². The van der Waals surface area contributed by atoms with Gasteiger partial charge < -0.3 is 14.5 Å². The van der Waals surface area contributed by atoms with Crippen LogP contribution in [-0.2, 0) is 16.1 Å². The van der Waals surface area contributed by atoms with E-state index in [-0.39, 0.29) is 5.91 Å². The van der Waals surface area contributed by atoms with Gasteiger partial charge in [-0.15, -0.1) is 0 Å². The van der Waals surface area contributed by atoms with Crippen LogP contribution >= 0.6 is 0 Å². The number of carbonyl (C=O) groups excluding carboxylic acids is 1. The fraction of sp³-hybridized carbons (Fsp3) is 0.409. The Bertz CT molecular complexity index is 737. The van der Waals surface area contributed by atoms with Crippen LogP contribution in [0.4, 0.5) is 5.69 Å². The Hall–Kier alpha value is -2.33. The first-order chi connectivity index (χ1) is 12.6. The van der Waals surface area contributed by atoms with Crippen LogP contribution in [0, 0.1) is 13.8 Å². The number of amides is 1. The molecule has 0 bridgehead atoms. The summed E-state index contributed by atoms with van der Waals surface area (Å²) in [6.45, 7) is 9.84. The van der Waals surface area contributed by atoms with Gasteiger partial charge in [-0.2, -0.15) is 0 Å². The second-order valence-electron chi connectivity index (χ2n) is 6.97. The van der Waals surface area contributed by atoms with Crippen LogP contribution in [0.15, 0.2) is 48.5 Å². The molecule has 0 spiro atoms. The highest BCUT2D eigenvalue weighted by Crippen LogP contribution is 2.24. The first kappa shape index (κ1) is 18.5. The third-order valence-electron chi connectivity index (χ3n) is 5.20. The molecule has 0 aromatic heterocycles. The van der Waals surface area contributed by atoms with E-state index in [2.05, 4.69) is 36.9 Å². The van der Waals surface area contributed by atoms with Crippen LogP contribution in [0.2, 0.25) is 0 Å². The van der Waals surface area contributed by atoms with E-state index in [1.807, 2.05) is 42.2 Å². The predicted molar refractivity (Wildman–Crippen MR) is 105 cm³/mol. The number of hydrogen-bond donors (Lipinski definition) is 0. The molecule has 1 heterocycles. The van der Waals surface area contributed by atoms with Crippen molar-refractivity contribution in [2.24, 2.45) is 0 Å². The molecule has 0 saturated carbocycles. The molecule has 0 aliphatic carbocycles. The summed E-state index contributed by atoms with van der Waals surface area (Å²) >= 11 is 0. The van der Waals surface area contributed by atoms with Crippen molar-refractivity contribution in [2.75, 3.05) is 31.1 Å². The van der Waals surface area contributed by atoms with E-state index in [0.717, 1.165) is 31.7 Å². The Morgan fingerprint density at radius 1 is 1.00 bits per heavy atom. The number of anilines is 1. The summed E-state index contributed by atoms with van der Waals surface area (Å²) in [5, 5.41) is 0. The lowest BCUT2D eigenvalue weighted by Crippen LogP contribution is -2.51. The van der Waals surface area contributed by atoms with Gasteiger partial charge in [-0.1, -0.05) is 42.5 Å². The topological polar surface area (TPSA) is 32.8 Å².